The van der Waals surface area contributed by atoms with Crippen LogP contribution in [0.3, 0.4) is 0 Å². The number of fused-ring (bicyclic) bond motifs is 1. The van der Waals surface area contributed by atoms with E-state index in [-0.39, 0.29) is 17.9 Å². The van der Waals surface area contributed by atoms with Crippen LogP contribution in [0.5, 0.6) is 11.5 Å². The van der Waals surface area contributed by atoms with Crippen LogP contribution >= 0.6 is 0 Å². The first kappa shape index (κ1) is 15.1. The average Bonchev–Trinajstić information content (AvgIpc) is 3.25. The van der Waals surface area contributed by atoms with Crippen molar-refractivity contribution >= 4 is 11.7 Å². The van der Waals surface area contributed by atoms with Crippen LogP contribution < -0.4 is 14.8 Å². The van der Waals surface area contributed by atoms with Crippen molar-refractivity contribution < 1.29 is 14.3 Å². The van der Waals surface area contributed by atoms with E-state index in [1.54, 1.807) is 13.3 Å². The Hall–Kier alpha value is -2.50. The number of aromatic nitrogens is 2. The number of aromatic amines is 1. The predicted molar refractivity (Wildman–Crippen MR) is 89.6 cm³/mol. The fraction of sp³-hybridized carbons (Fsp3) is 0.444. The van der Waals surface area contributed by atoms with E-state index in [1.165, 1.54) is 12.8 Å². The Morgan fingerprint density at radius 1 is 1.21 bits per heavy atom. The Morgan fingerprint density at radius 2 is 2.04 bits per heavy atom. The van der Waals surface area contributed by atoms with Crippen molar-refractivity contribution in [1.82, 2.24) is 10.2 Å². The van der Waals surface area contributed by atoms with Crippen LogP contribution in [0.1, 0.15) is 49.1 Å². The zero-order valence-electron chi connectivity index (χ0n) is 13.7. The van der Waals surface area contributed by atoms with Crippen LogP contribution in [0.25, 0.3) is 0 Å². The number of carbonyl (C=O) groups is 1. The number of H-pyrrole nitrogens is 1. The van der Waals surface area contributed by atoms with Crippen molar-refractivity contribution in [3.63, 3.8) is 0 Å². The maximum absolute atomic E-state index is 11.9. The highest BCUT2D eigenvalue weighted by Gasteiger charge is 2.29. The normalized spacial score (nSPS) is 20.5. The monoisotopic (exact) mass is 327 g/mol. The van der Waals surface area contributed by atoms with Crippen LogP contribution in [-0.4, -0.2) is 29.3 Å². The summed E-state index contributed by atoms with van der Waals surface area (Å²) >= 11 is 0. The zero-order valence-corrected chi connectivity index (χ0v) is 13.7. The van der Waals surface area contributed by atoms with Crippen molar-refractivity contribution in [2.45, 2.75) is 44.1 Å². The number of carbonyl (C=O) groups excluding carboxylic acids is 1. The van der Waals surface area contributed by atoms with E-state index in [0.717, 1.165) is 35.5 Å². The summed E-state index contributed by atoms with van der Waals surface area (Å²) < 4.78 is 11.6. The number of rotatable bonds is 4. The molecule has 1 aliphatic carbocycles. The first-order valence-corrected chi connectivity index (χ1v) is 8.42. The van der Waals surface area contributed by atoms with Gasteiger partial charge in [-0.2, -0.15) is 5.10 Å². The van der Waals surface area contributed by atoms with E-state index in [1.807, 2.05) is 18.2 Å². The van der Waals surface area contributed by atoms with Gasteiger partial charge in [0.05, 0.1) is 19.4 Å². The third-order valence-corrected chi connectivity index (χ3v) is 4.88. The lowest BCUT2D eigenvalue weighted by atomic mass is 9.87. The Kier molecular flexibility index (Phi) is 3.88. The third kappa shape index (κ3) is 2.72. The number of nitrogens with one attached hydrogen (secondary N) is 2. The van der Waals surface area contributed by atoms with E-state index in [2.05, 4.69) is 15.5 Å². The maximum Gasteiger partial charge on any atom is 0.226 e. The Bertz CT molecular complexity index is 750. The lowest BCUT2D eigenvalue weighted by Gasteiger charge is -2.23. The molecule has 6 heteroatoms. The summed E-state index contributed by atoms with van der Waals surface area (Å²) in [5, 5.41) is 9.70. The Balaban J connectivity index is 1.63. The molecule has 0 radical (unpaired) electrons. The van der Waals surface area contributed by atoms with Crippen molar-refractivity contribution in [3.8, 4) is 11.5 Å². The van der Waals surface area contributed by atoms with E-state index >= 15 is 0 Å². The van der Waals surface area contributed by atoms with Gasteiger partial charge in [-0.05, 0) is 43.4 Å². The van der Waals surface area contributed by atoms with Crippen LogP contribution in [0, 0.1) is 0 Å². The zero-order chi connectivity index (χ0) is 16.5. The van der Waals surface area contributed by atoms with E-state index in [4.69, 9.17) is 9.47 Å². The molecule has 1 fully saturated rings. The molecule has 0 saturated heterocycles. The molecular weight excluding hydrogens is 306 g/mol. The second kappa shape index (κ2) is 6.19. The summed E-state index contributed by atoms with van der Waals surface area (Å²) in [6, 6.07) is 5.95. The topological polar surface area (TPSA) is 76.2 Å². The first-order valence-electron chi connectivity index (χ1n) is 8.42. The van der Waals surface area contributed by atoms with Crippen LogP contribution in [0.4, 0.5) is 5.82 Å². The Labute approximate surface area is 140 Å². The maximum atomic E-state index is 11.9. The van der Waals surface area contributed by atoms with Crippen molar-refractivity contribution in [2.24, 2.45) is 0 Å². The number of amides is 1. The van der Waals surface area contributed by atoms with Crippen molar-refractivity contribution in [2.75, 3.05) is 12.4 Å². The van der Waals surface area contributed by atoms with Gasteiger partial charge in [-0.15, -0.1) is 0 Å². The summed E-state index contributed by atoms with van der Waals surface area (Å²) in [6.45, 7) is 0. The molecule has 2 N–H and O–H groups in total. The van der Waals surface area contributed by atoms with Gasteiger partial charge in [-0.25, -0.2) is 0 Å². The predicted octanol–water partition coefficient (Wildman–Crippen LogP) is 3.21. The lowest BCUT2D eigenvalue weighted by molar-refractivity contribution is -0.116. The summed E-state index contributed by atoms with van der Waals surface area (Å²) in [7, 11) is 1.65. The smallest absolute Gasteiger partial charge is 0.226 e. The number of methoxy groups -OCH3 is 1. The van der Waals surface area contributed by atoms with Crippen LogP contribution in [-0.2, 0) is 4.79 Å². The van der Waals surface area contributed by atoms with Crippen molar-refractivity contribution in [3.05, 3.63) is 35.5 Å². The molecule has 1 atom stereocenters. The van der Waals surface area contributed by atoms with E-state index in [0.29, 0.717) is 12.2 Å². The molecule has 1 aliphatic heterocycles. The molecule has 2 aromatic rings. The highest BCUT2D eigenvalue weighted by Crippen LogP contribution is 2.40. The van der Waals surface area contributed by atoms with Gasteiger partial charge in [0.15, 0.2) is 11.5 Å². The molecule has 2 heterocycles. The van der Waals surface area contributed by atoms with Gasteiger partial charge in [0, 0.05) is 17.9 Å². The molecule has 1 unspecified atom stereocenters. The van der Waals surface area contributed by atoms with E-state index < -0.39 is 0 Å². The summed E-state index contributed by atoms with van der Waals surface area (Å²) in [5.41, 5.74) is 2.03. The number of hydrogen-bond donors (Lipinski definition) is 2. The number of ether oxygens (including phenoxy) is 2. The van der Waals surface area contributed by atoms with Gasteiger partial charge < -0.3 is 14.8 Å². The highest BCUT2D eigenvalue weighted by atomic mass is 16.5. The van der Waals surface area contributed by atoms with Gasteiger partial charge >= 0.3 is 0 Å². The van der Waals surface area contributed by atoms with Gasteiger partial charge in [0.2, 0.25) is 5.91 Å². The molecule has 1 saturated carbocycles. The SMILES string of the molecule is COc1cc(C2CC(=O)Nc3[nH]ncc32)ccc1OC1CCCC1. The molecule has 126 valence electrons. The second-order valence-electron chi connectivity index (χ2n) is 6.44. The molecule has 24 heavy (non-hydrogen) atoms. The highest BCUT2D eigenvalue weighted by molar-refractivity contribution is 5.94. The summed E-state index contributed by atoms with van der Waals surface area (Å²) in [6.07, 6.45) is 7.12. The third-order valence-electron chi connectivity index (χ3n) is 4.88. The molecule has 1 aromatic heterocycles. The largest absolute Gasteiger partial charge is 0.493 e. The summed E-state index contributed by atoms with van der Waals surface area (Å²) in [4.78, 5) is 11.9. The number of anilines is 1. The van der Waals surface area contributed by atoms with Gasteiger partial charge in [0.1, 0.15) is 5.82 Å². The van der Waals surface area contributed by atoms with Crippen molar-refractivity contribution in [1.29, 1.82) is 0 Å². The number of nitrogens with zero attached hydrogens (tertiary/aromatic N) is 1. The number of benzene rings is 1. The number of hydrogen-bond acceptors (Lipinski definition) is 4. The molecule has 0 spiro atoms. The molecule has 1 amide bonds. The quantitative estimate of drug-likeness (QED) is 0.904. The minimum Gasteiger partial charge on any atom is -0.493 e. The van der Waals surface area contributed by atoms with Crippen LogP contribution in [0.2, 0.25) is 0 Å². The van der Waals surface area contributed by atoms with Gasteiger partial charge in [-0.1, -0.05) is 6.07 Å². The molecule has 4 rings (SSSR count). The average molecular weight is 327 g/mol. The molecular formula is C18H21N3O3. The second-order valence-corrected chi connectivity index (χ2v) is 6.44. The first-order chi connectivity index (χ1) is 11.7. The summed E-state index contributed by atoms with van der Waals surface area (Å²) in [5.74, 6) is 2.14. The minimum atomic E-state index is -0.0260. The molecule has 1 aromatic carbocycles. The molecule has 2 aliphatic rings. The standard InChI is InChI=1S/C18H21N3O3/c1-23-16-8-11(6-7-15(16)24-12-4-2-3-5-12)13-9-17(22)20-18-14(13)10-19-21-18/h6-8,10,12-13H,2-5,9H2,1H3,(H2,19,20,21,22). The fourth-order valence-electron chi connectivity index (χ4n) is 3.63. The van der Waals surface area contributed by atoms with Gasteiger partial charge in [0.25, 0.3) is 0 Å². The fourth-order valence-corrected chi connectivity index (χ4v) is 3.63. The molecule has 6 nitrogen and oxygen atoms in total. The molecule has 0 bridgehead atoms. The van der Waals surface area contributed by atoms with E-state index in [9.17, 15) is 4.79 Å². The minimum absolute atomic E-state index is 0.0120. The lowest BCUT2D eigenvalue weighted by Crippen LogP contribution is -2.23. The van der Waals surface area contributed by atoms with Crippen LogP contribution in [0.15, 0.2) is 24.4 Å². The van der Waals surface area contributed by atoms with Gasteiger partial charge in [-0.3, -0.25) is 9.89 Å². The Morgan fingerprint density at radius 3 is 2.83 bits per heavy atom.